The van der Waals surface area contributed by atoms with E-state index in [0.717, 1.165) is 16.3 Å². The van der Waals surface area contributed by atoms with Crippen molar-refractivity contribution < 1.29 is 17.9 Å². The van der Waals surface area contributed by atoms with E-state index in [1.807, 2.05) is 37.3 Å². The van der Waals surface area contributed by atoms with Gasteiger partial charge in [-0.05, 0) is 66.9 Å². The number of ether oxygens (including phenoxy) is 1. The van der Waals surface area contributed by atoms with Gasteiger partial charge in [-0.1, -0.05) is 82.8 Å². The predicted octanol–water partition coefficient (Wildman–Crippen LogP) is 8.95. The first-order valence-corrected chi connectivity index (χ1v) is 14.6. The summed E-state index contributed by atoms with van der Waals surface area (Å²) < 4.78 is 34.3. The minimum Gasteiger partial charge on any atom is -0.454 e. The Morgan fingerprint density at radius 1 is 0.800 bits per heavy atom. The van der Waals surface area contributed by atoms with Crippen molar-refractivity contribution >= 4 is 72.9 Å². The van der Waals surface area contributed by atoms with Crippen LogP contribution in [0.3, 0.4) is 0 Å². The number of carbonyl (C=O) groups is 1. The van der Waals surface area contributed by atoms with Gasteiger partial charge in [0.25, 0.3) is 15.9 Å². The lowest BCUT2D eigenvalue weighted by Crippen LogP contribution is -2.18. The molecule has 0 aliphatic carbocycles. The van der Waals surface area contributed by atoms with Crippen molar-refractivity contribution in [3.05, 3.63) is 123 Å². The van der Waals surface area contributed by atoms with E-state index in [2.05, 4.69) is 10.0 Å². The average molecular weight is 612 g/mol. The Morgan fingerprint density at radius 2 is 1.52 bits per heavy atom. The summed E-state index contributed by atoms with van der Waals surface area (Å²) in [6.45, 7) is 1.86. The van der Waals surface area contributed by atoms with Gasteiger partial charge in [0.2, 0.25) is 0 Å². The summed E-state index contributed by atoms with van der Waals surface area (Å²) in [5.74, 6) is 0.182. The molecule has 0 heterocycles. The van der Waals surface area contributed by atoms with Crippen molar-refractivity contribution in [3.8, 4) is 11.5 Å². The van der Waals surface area contributed by atoms with Crippen molar-refractivity contribution in [1.29, 1.82) is 0 Å². The fourth-order valence-electron chi connectivity index (χ4n) is 3.99. The van der Waals surface area contributed by atoms with Crippen LogP contribution in [0.2, 0.25) is 15.1 Å². The first kappa shape index (κ1) is 27.8. The van der Waals surface area contributed by atoms with Crippen LogP contribution in [0.25, 0.3) is 10.8 Å². The molecule has 40 heavy (non-hydrogen) atoms. The van der Waals surface area contributed by atoms with Crippen LogP contribution in [-0.2, 0) is 10.0 Å². The minimum atomic E-state index is -3.95. The maximum absolute atomic E-state index is 13.2. The van der Waals surface area contributed by atoms with Crippen molar-refractivity contribution in [2.45, 2.75) is 11.8 Å². The van der Waals surface area contributed by atoms with Gasteiger partial charge < -0.3 is 10.1 Å². The molecule has 5 aromatic rings. The number of sulfonamides is 1. The maximum Gasteiger partial charge on any atom is 0.261 e. The second-order valence-corrected chi connectivity index (χ2v) is 11.8. The summed E-state index contributed by atoms with van der Waals surface area (Å²) in [5, 5.41) is 5.49. The lowest BCUT2D eigenvalue weighted by molar-refractivity contribution is 0.102. The highest BCUT2D eigenvalue weighted by molar-refractivity contribution is 7.92. The van der Waals surface area contributed by atoms with E-state index in [1.54, 1.807) is 30.3 Å². The molecule has 0 unspecified atom stereocenters. The van der Waals surface area contributed by atoms with Gasteiger partial charge in [-0.15, -0.1) is 0 Å². The number of halogens is 3. The number of hydrogen-bond acceptors (Lipinski definition) is 4. The molecule has 0 aliphatic rings. The number of carbonyl (C=O) groups excluding carboxylic acids is 1. The molecule has 0 bridgehead atoms. The van der Waals surface area contributed by atoms with Crippen LogP contribution in [0.15, 0.2) is 102 Å². The molecule has 0 aromatic heterocycles. The van der Waals surface area contributed by atoms with E-state index in [9.17, 15) is 13.2 Å². The number of anilines is 2. The van der Waals surface area contributed by atoms with Gasteiger partial charge >= 0.3 is 0 Å². The Bertz CT molecular complexity index is 1860. The van der Waals surface area contributed by atoms with Crippen LogP contribution >= 0.6 is 34.8 Å². The second kappa shape index (κ2) is 11.4. The number of fused-ring (bicyclic) bond motifs is 1. The zero-order chi connectivity index (χ0) is 28.4. The molecule has 0 radical (unpaired) electrons. The standard InChI is InChI=1S/C30H21Cl3N2O4S/c1-18-6-11-22(12-7-18)40(37,38)35-26-13-9-20(31)16-24(26)30(36)34-21-10-15-27(25(32)17-21)39-28-14-8-19-4-2-3-5-23(19)29(28)33/h2-17,35H,1H3,(H,34,36). The fourth-order valence-corrected chi connectivity index (χ4v) is 5.73. The summed E-state index contributed by atoms with van der Waals surface area (Å²) in [6.07, 6.45) is 0. The zero-order valence-corrected chi connectivity index (χ0v) is 24.0. The van der Waals surface area contributed by atoms with E-state index in [-0.39, 0.29) is 26.2 Å². The molecule has 10 heteroatoms. The molecule has 5 rings (SSSR count). The molecule has 5 aromatic carbocycles. The monoisotopic (exact) mass is 610 g/mol. The van der Waals surface area contributed by atoms with Gasteiger partial charge in [-0.25, -0.2) is 8.42 Å². The number of rotatable bonds is 7. The summed E-state index contributed by atoms with van der Waals surface area (Å²) in [6, 6.07) is 26.7. The molecule has 0 atom stereocenters. The van der Waals surface area contributed by atoms with E-state index in [4.69, 9.17) is 39.5 Å². The van der Waals surface area contributed by atoms with Crippen LogP contribution in [0.5, 0.6) is 11.5 Å². The van der Waals surface area contributed by atoms with Crippen molar-refractivity contribution in [3.63, 3.8) is 0 Å². The molecule has 0 fully saturated rings. The van der Waals surface area contributed by atoms with E-state index in [1.165, 1.54) is 36.4 Å². The van der Waals surface area contributed by atoms with Gasteiger partial charge in [0.1, 0.15) is 11.5 Å². The van der Waals surface area contributed by atoms with Crippen molar-refractivity contribution in [2.24, 2.45) is 0 Å². The average Bonchev–Trinajstić information content (AvgIpc) is 2.93. The Balaban J connectivity index is 1.36. The van der Waals surface area contributed by atoms with Gasteiger partial charge in [0.15, 0.2) is 0 Å². The largest absolute Gasteiger partial charge is 0.454 e. The highest BCUT2D eigenvalue weighted by Crippen LogP contribution is 2.38. The SMILES string of the molecule is Cc1ccc(S(=O)(=O)Nc2ccc(Cl)cc2C(=O)Nc2ccc(Oc3ccc4ccccc4c3Cl)c(Cl)c2)cc1. The Hall–Kier alpha value is -3.75. The molecule has 202 valence electrons. The Morgan fingerprint density at radius 3 is 2.27 bits per heavy atom. The number of aryl methyl sites for hydroxylation is 1. The normalized spacial score (nSPS) is 11.3. The highest BCUT2D eigenvalue weighted by Gasteiger charge is 2.20. The Labute approximate surface area is 246 Å². The smallest absolute Gasteiger partial charge is 0.261 e. The number of nitrogens with one attached hydrogen (secondary N) is 2. The lowest BCUT2D eigenvalue weighted by atomic mass is 10.1. The molecule has 0 saturated heterocycles. The van der Waals surface area contributed by atoms with Crippen molar-refractivity contribution in [1.82, 2.24) is 0 Å². The quantitative estimate of drug-likeness (QED) is 0.192. The van der Waals surface area contributed by atoms with Crippen LogP contribution in [0.1, 0.15) is 15.9 Å². The molecule has 0 saturated carbocycles. The van der Waals surface area contributed by atoms with E-state index < -0.39 is 15.9 Å². The van der Waals surface area contributed by atoms with Gasteiger partial charge in [0, 0.05) is 16.1 Å². The van der Waals surface area contributed by atoms with Crippen molar-refractivity contribution in [2.75, 3.05) is 10.0 Å². The Kier molecular flexibility index (Phi) is 7.92. The first-order chi connectivity index (χ1) is 19.1. The molecule has 6 nitrogen and oxygen atoms in total. The summed E-state index contributed by atoms with van der Waals surface area (Å²) in [4.78, 5) is 13.3. The molecular weight excluding hydrogens is 591 g/mol. The summed E-state index contributed by atoms with van der Waals surface area (Å²) in [7, 11) is -3.95. The second-order valence-electron chi connectivity index (χ2n) is 8.91. The molecule has 0 spiro atoms. The van der Waals surface area contributed by atoms with E-state index in [0.29, 0.717) is 22.2 Å². The first-order valence-electron chi connectivity index (χ1n) is 12.0. The van der Waals surface area contributed by atoms with Gasteiger partial charge in [-0.2, -0.15) is 0 Å². The number of hydrogen-bond donors (Lipinski definition) is 2. The predicted molar refractivity (Wildman–Crippen MR) is 162 cm³/mol. The van der Waals surface area contributed by atoms with Gasteiger partial charge in [-0.3, -0.25) is 9.52 Å². The van der Waals surface area contributed by atoms with Crippen LogP contribution < -0.4 is 14.8 Å². The minimum absolute atomic E-state index is 0.0302. The highest BCUT2D eigenvalue weighted by atomic mass is 35.5. The van der Waals surface area contributed by atoms with Gasteiger partial charge in [0.05, 0.1) is 26.2 Å². The third kappa shape index (κ3) is 6.03. The summed E-state index contributed by atoms with van der Waals surface area (Å²) >= 11 is 19.2. The topological polar surface area (TPSA) is 84.5 Å². The summed E-state index contributed by atoms with van der Waals surface area (Å²) in [5.41, 5.74) is 1.38. The third-order valence-corrected chi connectivity index (χ3v) is 8.34. The molecule has 1 amide bonds. The van der Waals surface area contributed by atoms with E-state index >= 15 is 0 Å². The molecule has 2 N–H and O–H groups in total. The third-order valence-electron chi connectivity index (χ3n) is 6.04. The zero-order valence-electron chi connectivity index (χ0n) is 20.9. The maximum atomic E-state index is 13.2. The fraction of sp³-hybridized carbons (Fsp3) is 0.0333. The number of amides is 1. The molecular formula is C30H21Cl3N2O4S. The molecule has 0 aliphatic heterocycles. The van der Waals surface area contributed by atoms with Crippen LogP contribution in [0, 0.1) is 6.92 Å². The van der Waals surface area contributed by atoms with Crippen LogP contribution in [-0.4, -0.2) is 14.3 Å². The van der Waals surface area contributed by atoms with Crippen LogP contribution in [0.4, 0.5) is 11.4 Å². The number of benzene rings is 5. The lowest BCUT2D eigenvalue weighted by Gasteiger charge is -2.15.